The fourth-order valence-corrected chi connectivity index (χ4v) is 3.32. The van der Waals surface area contributed by atoms with Gasteiger partial charge in [-0.15, -0.1) is 5.10 Å². The molecule has 6 nitrogen and oxygen atoms in total. The molecule has 1 unspecified atom stereocenters. The van der Waals surface area contributed by atoms with E-state index in [4.69, 9.17) is 11.6 Å². The molecule has 1 aromatic heterocycles. The topological polar surface area (TPSA) is 76.9 Å². The summed E-state index contributed by atoms with van der Waals surface area (Å²) in [6.45, 7) is 0.195. The standard InChI is InChI=1S/C20H19ClN4O2/c21-15-9-7-14(8-10-15)19(13-5-6-13)22-18(26)11-12-25-20(27)16-3-1-2-4-17(16)23-24-25/h1-4,7-10,13,19H,5-6,11-12H2,(H,22,26). The summed E-state index contributed by atoms with van der Waals surface area (Å²) < 4.78 is 1.25. The zero-order chi connectivity index (χ0) is 18.8. The first-order valence-corrected chi connectivity index (χ1v) is 9.37. The molecule has 0 radical (unpaired) electrons. The lowest BCUT2D eigenvalue weighted by Crippen LogP contribution is -2.32. The van der Waals surface area contributed by atoms with E-state index in [9.17, 15) is 9.59 Å². The zero-order valence-electron chi connectivity index (χ0n) is 14.6. The normalized spacial score (nSPS) is 14.9. The molecule has 1 atom stereocenters. The van der Waals surface area contributed by atoms with E-state index < -0.39 is 0 Å². The summed E-state index contributed by atoms with van der Waals surface area (Å²) in [6.07, 6.45) is 2.37. The van der Waals surface area contributed by atoms with Crippen LogP contribution in [0.25, 0.3) is 10.9 Å². The summed E-state index contributed by atoms with van der Waals surface area (Å²) in [5, 5.41) is 12.3. The van der Waals surface area contributed by atoms with E-state index in [0.717, 1.165) is 18.4 Å². The fraction of sp³-hybridized carbons (Fsp3) is 0.300. The molecule has 1 fully saturated rings. The van der Waals surface area contributed by atoms with Gasteiger partial charge in [-0.3, -0.25) is 9.59 Å². The minimum atomic E-state index is -0.232. The Kier molecular flexibility index (Phi) is 4.90. The highest BCUT2D eigenvalue weighted by Gasteiger charge is 2.33. The highest BCUT2D eigenvalue weighted by Crippen LogP contribution is 2.41. The Morgan fingerprint density at radius 3 is 2.67 bits per heavy atom. The van der Waals surface area contributed by atoms with Crippen LogP contribution < -0.4 is 10.9 Å². The van der Waals surface area contributed by atoms with Gasteiger partial charge in [0.2, 0.25) is 5.91 Å². The molecule has 1 aliphatic rings. The van der Waals surface area contributed by atoms with Crippen molar-refractivity contribution in [3.63, 3.8) is 0 Å². The number of halogens is 1. The molecule has 138 valence electrons. The maximum atomic E-state index is 12.5. The monoisotopic (exact) mass is 382 g/mol. The second-order valence-electron chi connectivity index (χ2n) is 6.82. The van der Waals surface area contributed by atoms with Crippen molar-refractivity contribution >= 4 is 28.4 Å². The molecule has 1 N–H and O–H groups in total. The molecule has 1 aliphatic carbocycles. The van der Waals surface area contributed by atoms with Crippen LogP contribution in [-0.2, 0) is 11.3 Å². The zero-order valence-corrected chi connectivity index (χ0v) is 15.4. The lowest BCUT2D eigenvalue weighted by atomic mass is 10.0. The van der Waals surface area contributed by atoms with Crippen LogP contribution in [0.2, 0.25) is 5.02 Å². The number of aryl methyl sites for hydroxylation is 1. The number of benzene rings is 2. The van der Waals surface area contributed by atoms with E-state index in [0.29, 0.717) is 21.8 Å². The van der Waals surface area contributed by atoms with Gasteiger partial charge in [0.25, 0.3) is 5.56 Å². The number of nitrogens with zero attached hydrogens (tertiary/aromatic N) is 3. The highest BCUT2D eigenvalue weighted by molar-refractivity contribution is 6.30. The summed E-state index contributed by atoms with van der Waals surface area (Å²) >= 11 is 5.96. The molecule has 0 saturated heterocycles. The van der Waals surface area contributed by atoms with Crippen molar-refractivity contribution in [2.75, 3.05) is 0 Å². The van der Waals surface area contributed by atoms with Crippen LogP contribution in [0.4, 0.5) is 0 Å². The average molecular weight is 383 g/mol. The Morgan fingerprint density at radius 1 is 1.19 bits per heavy atom. The van der Waals surface area contributed by atoms with Gasteiger partial charge in [-0.1, -0.05) is 41.1 Å². The molecule has 7 heteroatoms. The molecule has 0 bridgehead atoms. The number of aromatic nitrogens is 3. The van der Waals surface area contributed by atoms with E-state index in [2.05, 4.69) is 15.6 Å². The first kappa shape index (κ1) is 17.7. The van der Waals surface area contributed by atoms with Gasteiger partial charge >= 0.3 is 0 Å². The maximum Gasteiger partial charge on any atom is 0.277 e. The maximum absolute atomic E-state index is 12.5. The Bertz CT molecular complexity index is 1030. The number of fused-ring (bicyclic) bond motifs is 1. The Morgan fingerprint density at radius 2 is 1.93 bits per heavy atom. The quantitative estimate of drug-likeness (QED) is 0.710. The van der Waals surface area contributed by atoms with E-state index in [1.54, 1.807) is 18.2 Å². The second-order valence-corrected chi connectivity index (χ2v) is 7.26. The van der Waals surface area contributed by atoms with Crippen molar-refractivity contribution < 1.29 is 4.79 Å². The molecule has 4 rings (SSSR count). The average Bonchev–Trinajstić information content (AvgIpc) is 3.52. The van der Waals surface area contributed by atoms with Crippen LogP contribution in [0, 0.1) is 5.92 Å². The van der Waals surface area contributed by atoms with E-state index >= 15 is 0 Å². The summed E-state index contributed by atoms with van der Waals surface area (Å²) in [6, 6.07) is 14.6. The third kappa shape index (κ3) is 4.01. The van der Waals surface area contributed by atoms with E-state index in [1.807, 2.05) is 30.3 Å². The largest absolute Gasteiger partial charge is 0.349 e. The van der Waals surface area contributed by atoms with Crippen molar-refractivity contribution in [3.05, 3.63) is 69.5 Å². The van der Waals surface area contributed by atoms with Gasteiger partial charge in [0.1, 0.15) is 5.52 Å². The first-order chi connectivity index (χ1) is 13.1. The SMILES string of the molecule is O=C(CCn1nnc2ccccc2c1=O)NC(c1ccc(Cl)cc1)C1CC1. The van der Waals surface area contributed by atoms with Crippen molar-refractivity contribution in [1.29, 1.82) is 0 Å². The van der Waals surface area contributed by atoms with Gasteiger partial charge in [0, 0.05) is 11.4 Å². The van der Waals surface area contributed by atoms with Crippen molar-refractivity contribution in [3.8, 4) is 0 Å². The van der Waals surface area contributed by atoms with Crippen LogP contribution in [-0.4, -0.2) is 20.9 Å². The predicted molar refractivity (Wildman–Crippen MR) is 103 cm³/mol. The van der Waals surface area contributed by atoms with Gasteiger partial charge in [-0.2, -0.15) is 0 Å². The second kappa shape index (κ2) is 7.48. The number of nitrogens with one attached hydrogen (secondary N) is 1. The van der Waals surface area contributed by atoms with E-state index in [-0.39, 0.29) is 30.5 Å². The summed E-state index contributed by atoms with van der Waals surface area (Å²) in [5.41, 5.74) is 1.38. The van der Waals surface area contributed by atoms with Gasteiger partial charge in [0.05, 0.1) is 18.0 Å². The minimum Gasteiger partial charge on any atom is -0.349 e. The molecule has 0 aliphatic heterocycles. The number of carbonyl (C=O) groups excluding carboxylic acids is 1. The van der Waals surface area contributed by atoms with Crippen LogP contribution >= 0.6 is 11.6 Å². The molecule has 3 aromatic rings. The van der Waals surface area contributed by atoms with Gasteiger partial charge in [-0.25, -0.2) is 4.68 Å². The Balaban J connectivity index is 1.44. The molecule has 1 amide bonds. The third-order valence-corrected chi connectivity index (χ3v) is 5.07. The number of hydrogen-bond donors (Lipinski definition) is 1. The number of carbonyl (C=O) groups is 1. The van der Waals surface area contributed by atoms with Crippen molar-refractivity contribution in [2.24, 2.45) is 5.92 Å². The number of amides is 1. The lowest BCUT2D eigenvalue weighted by molar-refractivity contribution is -0.122. The van der Waals surface area contributed by atoms with Crippen LogP contribution in [0.3, 0.4) is 0 Å². The summed E-state index contributed by atoms with van der Waals surface area (Å²) in [4.78, 5) is 24.9. The molecule has 2 aromatic carbocycles. The van der Waals surface area contributed by atoms with Crippen molar-refractivity contribution in [2.45, 2.75) is 31.8 Å². The molecule has 0 spiro atoms. The van der Waals surface area contributed by atoms with Gasteiger partial charge in [0.15, 0.2) is 0 Å². The fourth-order valence-electron chi connectivity index (χ4n) is 3.20. The summed E-state index contributed by atoms with van der Waals surface area (Å²) in [7, 11) is 0. The van der Waals surface area contributed by atoms with Crippen LogP contribution in [0.5, 0.6) is 0 Å². The van der Waals surface area contributed by atoms with Crippen molar-refractivity contribution in [1.82, 2.24) is 20.3 Å². The predicted octanol–water partition coefficient (Wildman–Crippen LogP) is 3.10. The Hall–Kier alpha value is -2.73. The van der Waals surface area contributed by atoms with Crippen LogP contribution in [0.1, 0.15) is 30.9 Å². The smallest absolute Gasteiger partial charge is 0.277 e. The van der Waals surface area contributed by atoms with E-state index in [1.165, 1.54) is 4.68 Å². The van der Waals surface area contributed by atoms with Crippen LogP contribution in [0.15, 0.2) is 53.3 Å². The van der Waals surface area contributed by atoms with Gasteiger partial charge < -0.3 is 5.32 Å². The molecule has 27 heavy (non-hydrogen) atoms. The molecular formula is C20H19ClN4O2. The van der Waals surface area contributed by atoms with Gasteiger partial charge in [-0.05, 0) is 48.6 Å². The Labute approximate surface area is 161 Å². The molecular weight excluding hydrogens is 364 g/mol. The first-order valence-electron chi connectivity index (χ1n) is 8.99. The molecule has 1 saturated carbocycles. The minimum absolute atomic E-state index is 0.0193. The number of hydrogen-bond acceptors (Lipinski definition) is 4. The third-order valence-electron chi connectivity index (χ3n) is 4.82. The summed E-state index contributed by atoms with van der Waals surface area (Å²) in [5.74, 6) is 0.349. The molecule has 1 heterocycles. The highest BCUT2D eigenvalue weighted by atomic mass is 35.5. The lowest BCUT2D eigenvalue weighted by Gasteiger charge is -2.19. The number of rotatable bonds is 6.